The van der Waals surface area contributed by atoms with Crippen LogP contribution in [0.25, 0.3) is 0 Å². The Morgan fingerprint density at radius 1 is 1.24 bits per heavy atom. The molecule has 176 valence electrons. The topological polar surface area (TPSA) is 95.1 Å². The molecule has 2 aromatic heterocycles. The number of hydrogen-bond donors (Lipinski definition) is 1. The number of nitrogens with zero attached hydrogens (tertiary/aromatic N) is 4. The first-order valence-electron chi connectivity index (χ1n) is 11.5. The van der Waals surface area contributed by atoms with Crippen molar-refractivity contribution < 1.29 is 14.1 Å². The Kier molecular flexibility index (Phi) is 7.69. The van der Waals surface area contributed by atoms with E-state index >= 15 is 0 Å². The lowest BCUT2D eigenvalue weighted by Crippen LogP contribution is -2.25. The summed E-state index contributed by atoms with van der Waals surface area (Å²) in [6, 6.07) is 7.79. The Hall–Kier alpha value is -2.81. The third-order valence-electron chi connectivity index (χ3n) is 6.16. The number of thioether (sulfide) groups is 1. The molecular weight excluding hydrogens is 438 g/mol. The molecule has 1 amide bonds. The molecule has 1 aliphatic carbocycles. The highest BCUT2D eigenvalue weighted by Gasteiger charge is 2.23. The van der Waals surface area contributed by atoms with Gasteiger partial charge in [-0.3, -0.25) is 4.79 Å². The molecule has 1 fully saturated rings. The molecule has 3 aromatic rings. The van der Waals surface area contributed by atoms with Crippen LogP contribution in [0, 0.1) is 13.8 Å². The summed E-state index contributed by atoms with van der Waals surface area (Å²) in [5.74, 6) is 2.14. The van der Waals surface area contributed by atoms with Gasteiger partial charge in [0.1, 0.15) is 23.9 Å². The molecule has 0 radical (unpaired) electrons. The fourth-order valence-electron chi connectivity index (χ4n) is 4.33. The Labute approximate surface area is 198 Å². The van der Waals surface area contributed by atoms with E-state index in [1.807, 2.05) is 32.2 Å². The fourth-order valence-corrected chi connectivity index (χ4v) is 4.90. The highest BCUT2D eigenvalue weighted by atomic mass is 32.2. The normalized spacial score (nSPS) is 14.0. The molecule has 4 rings (SSSR count). The Balaban J connectivity index is 1.32. The number of benzene rings is 1. The van der Waals surface area contributed by atoms with Crippen LogP contribution in [0.2, 0.25) is 0 Å². The van der Waals surface area contributed by atoms with E-state index in [0.717, 1.165) is 40.8 Å². The van der Waals surface area contributed by atoms with Crippen LogP contribution in [0.1, 0.15) is 71.3 Å². The fraction of sp³-hybridized carbons (Fsp3) is 0.500. The van der Waals surface area contributed by atoms with Gasteiger partial charge < -0.3 is 19.1 Å². The standard InChI is InChI=1S/C24H31N5O3S/c1-16-20(17(2)32-28-16)15-31-21-12-7-6-11-19(21)23(30)25-14-8-13-22-26-27-24(33-3)29(22)18-9-4-5-10-18/h6-7,11-12,18H,4-5,8-10,13-15H2,1-3H3,(H,25,30). The molecule has 1 saturated carbocycles. The number of para-hydroxylation sites is 1. The number of carbonyl (C=O) groups is 1. The highest BCUT2D eigenvalue weighted by Crippen LogP contribution is 2.33. The summed E-state index contributed by atoms with van der Waals surface area (Å²) in [5.41, 5.74) is 2.22. The van der Waals surface area contributed by atoms with Crippen LogP contribution in [0.3, 0.4) is 0 Å². The molecule has 2 heterocycles. The van der Waals surface area contributed by atoms with Gasteiger partial charge in [-0.15, -0.1) is 10.2 Å². The van der Waals surface area contributed by atoms with Crippen LogP contribution in [0.4, 0.5) is 0 Å². The largest absolute Gasteiger partial charge is 0.488 e. The van der Waals surface area contributed by atoms with Gasteiger partial charge in [-0.25, -0.2) is 0 Å². The van der Waals surface area contributed by atoms with Crippen LogP contribution < -0.4 is 10.1 Å². The third kappa shape index (κ3) is 5.40. The molecule has 1 N–H and O–H groups in total. The second-order valence-electron chi connectivity index (χ2n) is 8.36. The van der Waals surface area contributed by atoms with Crippen molar-refractivity contribution in [3.05, 3.63) is 52.7 Å². The molecular formula is C24H31N5O3S. The minimum absolute atomic E-state index is 0.147. The van der Waals surface area contributed by atoms with Crippen LogP contribution in [-0.2, 0) is 13.0 Å². The first-order valence-corrected chi connectivity index (χ1v) is 12.7. The summed E-state index contributed by atoms with van der Waals surface area (Å²) in [6.07, 6.45) is 8.56. The first-order chi connectivity index (χ1) is 16.1. The van der Waals surface area contributed by atoms with Gasteiger partial charge in [-0.1, -0.05) is 41.9 Å². The van der Waals surface area contributed by atoms with Crippen molar-refractivity contribution in [2.75, 3.05) is 12.8 Å². The molecule has 33 heavy (non-hydrogen) atoms. The van der Waals surface area contributed by atoms with Gasteiger partial charge in [0.15, 0.2) is 5.16 Å². The number of carbonyl (C=O) groups excluding carboxylic acids is 1. The third-order valence-corrected chi connectivity index (χ3v) is 6.80. The maximum Gasteiger partial charge on any atom is 0.255 e. The molecule has 9 heteroatoms. The smallest absolute Gasteiger partial charge is 0.255 e. The van der Waals surface area contributed by atoms with Crippen molar-refractivity contribution in [3.63, 3.8) is 0 Å². The zero-order valence-electron chi connectivity index (χ0n) is 19.5. The average molecular weight is 470 g/mol. The predicted molar refractivity (Wildman–Crippen MR) is 127 cm³/mol. The summed E-state index contributed by atoms with van der Waals surface area (Å²) in [5, 5.41) is 16.8. The maximum atomic E-state index is 12.8. The Morgan fingerprint density at radius 3 is 2.76 bits per heavy atom. The van der Waals surface area contributed by atoms with Gasteiger partial charge in [-0.05, 0) is 51.5 Å². The Bertz CT molecular complexity index is 1070. The number of rotatable bonds is 10. The number of amides is 1. The van der Waals surface area contributed by atoms with Gasteiger partial charge in [0.05, 0.1) is 16.8 Å². The van der Waals surface area contributed by atoms with Gasteiger partial charge in [0.2, 0.25) is 0 Å². The Morgan fingerprint density at radius 2 is 2.03 bits per heavy atom. The van der Waals surface area contributed by atoms with Crippen LogP contribution >= 0.6 is 11.8 Å². The molecule has 0 spiro atoms. The number of hydrogen-bond acceptors (Lipinski definition) is 7. The van der Waals surface area contributed by atoms with E-state index in [0.29, 0.717) is 30.5 Å². The first kappa shape index (κ1) is 23.4. The lowest BCUT2D eigenvalue weighted by atomic mass is 10.1. The quantitative estimate of drug-likeness (QED) is 0.341. The van der Waals surface area contributed by atoms with E-state index < -0.39 is 0 Å². The zero-order valence-corrected chi connectivity index (χ0v) is 20.3. The second kappa shape index (κ2) is 10.9. The SMILES string of the molecule is CSc1nnc(CCCNC(=O)c2ccccc2OCc2c(C)noc2C)n1C1CCCC1. The van der Waals surface area contributed by atoms with Crippen molar-refractivity contribution in [1.82, 2.24) is 25.2 Å². The lowest BCUT2D eigenvalue weighted by molar-refractivity contribution is 0.0948. The molecule has 0 aliphatic heterocycles. The van der Waals surface area contributed by atoms with Gasteiger partial charge in [0.25, 0.3) is 5.91 Å². The van der Waals surface area contributed by atoms with E-state index in [1.54, 1.807) is 23.9 Å². The number of nitrogens with one attached hydrogen (secondary N) is 1. The van der Waals surface area contributed by atoms with E-state index in [9.17, 15) is 4.79 Å². The van der Waals surface area contributed by atoms with Crippen LogP contribution in [0.5, 0.6) is 5.75 Å². The summed E-state index contributed by atoms with van der Waals surface area (Å²) >= 11 is 1.65. The van der Waals surface area contributed by atoms with Gasteiger partial charge in [-0.2, -0.15) is 0 Å². The molecule has 0 saturated heterocycles. The summed E-state index contributed by atoms with van der Waals surface area (Å²) < 4.78 is 13.5. The van der Waals surface area contributed by atoms with Crippen LogP contribution in [0.15, 0.2) is 33.9 Å². The van der Waals surface area contributed by atoms with Crippen molar-refractivity contribution in [2.45, 2.75) is 70.2 Å². The number of aryl methyl sites for hydroxylation is 3. The molecule has 8 nitrogen and oxygen atoms in total. The lowest BCUT2D eigenvalue weighted by Gasteiger charge is -2.16. The molecule has 0 atom stereocenters. The molecule has 0 bridgehead atoms. The minimum atomic E-state index is -0.147. The minimum Gasteiger partial charge on any atom is -0.488 e. The maximum absolute atomic E-state index is 12.8. The number of aromatic nitrogens is 4. The average Bonchev–Trinajstić information content (AvgIpc) is 3.56. The monoisotopic (exact) mass is 469 g/mol. The zero-order chi connectivity index (χ0) is 23.2. The van der Waals surface area contributed by atoms with Gasteiger partial charge in [0, 0.05) is 19.0 Å². The van der Waals surface area contributed by atoms with Crippen molar-refractivity contribution in [2.24, 2.45) is 0 Å². The molecule has 0 unspecified atom stereocenters. The van der Waals surface area contributed by atoms with E-state index in [1.165, 1.54) is 25.7 Å². The summed E-state index contributed by atoms with van der Waals surface area (Å²) in [6.45, 7) is 4.60. The van der Waals surface area contributed by atoms with E-state index in [-0.39, 0.29) is 5.91 Å². The molecule has 1 aromatic carbocycles. The van der Waals surface area contributed by atoms with Crippen LogP contribution in [-0.4, -0.2) is 38.6 Å². The molecule has 1 aliphatic rings. The summed E-state index contributed by atoms with van der Waals surface area (Å²) in [7, 11) is 0. The van der Waals surface area contributed by atoms with Crippen molar-refractivity contribution in [1.29, 1.82) is 0 Å². The van der Waals surface area contributed by atoms with E-state index in [2.05, 4.69) is 25.2 Å². The van der Waals surface area contributed by atoms with E-state index in [4.69, 9.17) is 9.26 Å². The van der Waals surface area contributed by atoms with Crippen molar-refractivity contribution >= 4 is 17.7 Å². The van der Waals surface area contributed by atoms with Crippen molar-refractivity contribution in [3.8, 4) is 5.75 Å². The highest BCUT2D eigenvalue weighted by molar-refractivity contribution is 7.98. The number of ether oxygens (including phenoxy) is 1. The predicted octanol–water partition coefficient (Wildman–Crippen LogP) is 4.66. The van der Waals surface area contributed by atoms with Gasteiger partial charge >= 0.3 is 0 Å². The second-order valence-corrected chi connectivity index (χ2v) is 9.13. The summed E-state index contributed by atoms with van der Waals surface area (Å²) in [4.78, 5) is 12.8.